The average molecular weight is 458 g/mol. The Morgan fingerprint density at radius 1 is 0.629 bits per heavy atom. The van der Waals surface area contributed by atoms with Crippen LogP contribution >= 0.6 is 0 Å². The van der Waals surface area contributed by atoms with Gasteiger partial charge in [-0.2, -0.15) is 0 Å². The van der Waals surface area contributed by atoms with Gasteiger partial charge in [0.15, 0.2) is 5.60 Å². The molecule has 1 saturated heterocycles. The number of piperidine rings is 1. The summed E-state index contributed by atoms with van der Waals surface area (Å²) in [5.74, 6) is 6.55. The lowest BCUT2D eigenvalue weighted by Crippen LogP contribution is -2.43. The summed E-state index contributed by atoms with van der Waals surface area (Å²) in [5.41, 5.74) is 3.07. The highest BCUT2D eigenvalue weighted by atomic mass is 16.3. The molecule has 5 rings (SSSR count). The minimum atomic E-state index is -1.32. The lowest BCUT2D eigenvalue weighted by atomic mass is 9.68. The van der Waals surface area contributed by atoms with E-state index in [-0.39, 0.29) is 5.41 Å². The largest absolute Gasteiger partial charge is 0.369 e. The first kappa shape index (κ1) is 23.1. The van der Waals surface area contributed by atoms with E-state index in [1.165, 1.54) is 11.1 Å². The van der Waals surface area contributed by atoms with E-state index in [9.17, 15) is 5.11 Å². The van der Waals surface area contributed by atoms with Gasteiger partial charge >= 0.3 is 0 Å². The van der Waals surface area contributed by atoms with Gasteiger partial charge in [-0.25, -0.2) is 0 Å². The third kappa shape index (κ3) is 4.80. The van der Waals surface area contributed by atoms with Crippen LogP contribution in [0, 0.1) is 11.8 Å². The average Bonchev–Trinajstić information content (AvgIpc) is 2.95. The van der Waals surface area contributed by atoms with E-state index in [2.05, 4.69) is 77.4 Å². The van der Waals surface area contributed by atoms with Crippen LogP contribution in [0.2, 0.25) is 0 Å². The normalized spacial score (nSPS) is 15.7. The van der Waals surface area contributed by atoms with E-state index in [1.54, 1.807) is 0 Å². The van der Waals surface area contributed by atoms with Gasteiger partial charge in [-0.05, 0) is 24.0 Å². The predicted molar refractivity (Wildman–Crippen MR) is 143 cm³/mol. The van der Waals surface area contributed by atoms with Gasteiger partial charge in [0.1, 0.15) is 0 Å². The second-order valence-electron chi connectivity index (χ2n) is 9.33. The summed E-state index contributed by atoms with van der Waals surface area (Å²) in [4.78, 5) is 2.41. The van der Waals surface area contributed by atoms with Gasteiger partial charge in [0.25, 0.3) is 0 Å². The summed E-state index contributed by atoms with van der Waals surface area (Å²) in [7, 11) is 0. The molecule has 1 N–H and O–H groups in total. The standard InChI is InChI=1S/C33H31NO/c35-33(30-18-9-3-10-19-30,31-20-11-4-12-21-31)22-13-25-34-26-23-32(24-27-34,28-14-5-1-6-15-28)29-16-7-2-8-17-29/h1-12,14-21,35H,23-27H2. The van der Waals surface area contributed by atoms with Gasteiger partial charge in [-0.15, -0.1) is 0 Å². The van der Waals surface area contributed by atoms with Gasteiger partial charge in [0.2, 0.25) is 0 Å². The Balaban J connectivity index is 1.36. The minimum Gasteiger partial charge on any atom is -0.369 e. The maximum Gasteiger partial charge on any atom is 0.176 e. The Morgan fingerprint density at radius 3 is 1.46 bits per heavy atom. The molecule has 0 aliphatic carbocycles. The van der Waals surface area contributed by atoms with Crippen LogP contribution < -0.4 is 0 Å². The zero-order valence-electron chi connectivity index (χ0n) is 20.0. The molecule has 4 aromatic carbocycles. The lowest BCUT2D eigenvalue weighted by Gasteiger charge is -2.42. The van der Waals surface area contributed by atoms with Crippen molar-refractivity contribution in [3.63, 3.8) is 0 Å². The number of aliphatic hydroxyl groups is 1. The van der Waals surface area contributed by atoms with E-state index in [4.69, 9.17) is 0 Å². The molecule has 2 heteroatoms. The van der Waals surface area contributed by atoms with E-state index in [0.29, 0.717) is 6.54 Å². The first-order valence-corrected chi connectivity index (χ1v) is 12.4. The van der Waals surface area contributed by atoms with Gasteiger partial charge in [-0.3, -0.25) is 4.90 Å². The second kappa shape index (κ2) is 10.3. The van der Waals surface area contributed by atoms with Crippen LogP contribution in [0.1, 0.15) is 35.1 Å². The van der Waals surface area contributed by atoms with Crippen LogP contribution in [0.3, 0.4) is 0 Å². The van der Waals surface area contributed by atoms with Crippen molar-refractivity contribution in [3.8, 4) is 11.8 Å². The number of hydrogen-bond donors (Lipinski definition) is 1. The van der Waals surface area contributed by atoms with Crippen molar-refractivity contribution in [2.75, 3.05) is 19.6 Å². The van der Waals surface area contributed by atoms with Crippen molar-refractivity contribution in [1.29, 1.82) is 0 Å². The zero-order chi connectivity index (χ0) is 24.0. The van der Waals surface area contributed by atoms with Gasteiger partial charge < -0.3 is 5.11 Å². The van der Waals surface area contributed by atoms with Crippen LogP contribution in [0.5, 0.6) is 0 Å². The molecule has 174 valence electrons. The van der Waals surface area contributed by atoms with Crippen LogP contribution in [-0.2, 0) is 11.0 Å². The van der Waals surface area contributed by atoms with Crippen molar-refractivity contribution in [2.24, 2.45) is 0 Å². The van der Waals surface area contributed by atoms with Crippen molar-refractivity contribution >= 4 is 0 Å². The second-order valence-corrected chi connectivity index (χ2v) is 9.33. The van der Waals surface area contributed by atoms with Crippen molar-refractivity contribution < 1.29 is 5.11 Å². The van der Waals surface area contributed by atoms with Crippen LogP contribution in [-0.4, -0.2) is 29.6 Å². The first-order chi connectivity index (χ1) is 17.2. The molecule has 35 heavy (non-hydrogen) atoms. The van der Waals surface area contributed by atoms with E-state index >= 15 is 0 Å². The fraction of sp³-hybridized carbons (Fsp3) is 0.212. The molecule has 0 aromatic heterocycles. The van der Waals surface area contributed by atoms with E-state index in [0.717, 1.165) is 37.1 Å². The maximum atomic E-state index is 11.7. The Kier molecular flexibility index (Phi) is 6.82. The monoisotopic (exact) mass is 457 g/mol. The molecule has 1 fully saturated rings. The molecular formula is C33H31NO. The van der Waals surface area contributed by atoms with Crippen LogP contribution in [0.15, 0.2) is 121 Å². The Labute approximate surface area is 208 Å². The van der Waals surface area contributed by atoms with Gasteiger partial charge in [0, 0.05) is 29.6 Å². The molecule has 1 heterocycles. The van der Waals surface area contributed by atoms with Gasteiger partial charge in [0.05, 0.1) is 6.54 Å². The third-order valence-corrected chi connectivity index (χ3v) is 7.32. The topological polar surface area (TPSA) is 23.5 Å². The Bertz CT molecular complexity index is 1190. The van der Waals surface area contributed by atoms with E-state index < -0.39 is 5.60 Å². The lowest BCUT2D eigenvalue weighted by molar-refractivity contribution is 0.144. The number of nitrogens with zero attached hydrogens (tertiary/aromatic N) is 1. The molecule has 0 amide bonds. The molecule has 4 aromatic rings. The molecule has 1 aliphatic rings. The predicted octanol–water partition coefficient (Wildman–Crippen LogP) is 6.01. The molecule has 2 nitrogen and oxygen atoms in total. The third-order valence-electron chi connectivity index (χ3n) is 7.32. The Hall–Kier alpha value is -3.64. The highest BCUT2D eigenvalue weighted by Gasteiger charge is 2.37. The molecular weight excluding hydrogens is 426 g/mol. The molecule has 0 atom stereocenters. The first-order valence-electron chi connectivity index (χ1n) is 12.4. The summed E-state index contributed by atoms with van der Waals surface area (Å²) >= 11 is 0. The van der Waals surface area contributed by atoms with Crippen molar-refractivity contribution in [2.45, 2.75) is 23.9 Å². The molecule has 0 bridgehead atoms. The fourth-order valence-corrected chi connectivity index (χ4v) is 5.30. The minimum absolute atomic E-state index is 0.0290. The molecule has 0 radical (unpaired) electrons. The fourth-order valence-electron chi connectivity index (χ4n) is 5.30. The summed E-state index contributed by atoms with van der Waals surface area (Å²) in [6.07, 6.45) is 2.09. The molecule has 0 spiro atoms. The Morgan fingerprint density at radius 2 is 1.03 bits per heavy atom. The van der Waals surface area contributed by atoms with Crippen molar-refractivity contribution in [1.82, 2.24) is 4.90 Å². The van der Waals surface area contributed by atoms with Crippen LogP contribution in [0.25, 0.3) is 0 Å². The van der Waals surface area contributed by atoms with E-state index in [1.807, 2.05) is 60.7 Å². The van der Waals surface area contributed by atoms with Crippen LogP contribution in [0.4, 0.5) is 0 Å². The summed E-state index contributed by atoms with van der Waals surface area (Å²) in [5, 5.41) is 11.7. The zero-order valence-corrected chi connectivity index (χ0v) is 20.0. The quantitative estimate of drug-likeness (QED) is 0.371. The summed E-state index contributed by atoms with van der Waals surface area (Å²) in [6.45, 7) is 2.57. The smallest absolute Gasteiger partial charge is 0.176 e. The highest BCUT2D eigenvalue weighted by molar-refractivity contribution is 5.44. The number of rotatable bonds is 5. The van der Waals surface area contributed by atoms with Crippen molar-refractivity contribution in [3.05, 3.63) is 144 Å². The SMILES string of the molecule is OC(C#CCN1CCC(c2ccccc2)(c2ccccc2)CC1)(c1ccccc1)c1ccccc1. The number of likely N-dealkylation sites (tertiary alicyclic amines) is 1. The highest BCUT2D eigenvalue weighted by Crippen LogP contribution is 2.41. The maximum absolute atomic E-state index is 11.7. The number of hydrogen-bond acceptors (Lipinski definition) is 2. The van der Waals surface area contributed by atoms with Gasteiger partial charge in [-0.1, -0.05) is 133 Å². The molecule has 1 aliphatic heterocycles. The molecule has 0 saturated carbocycles. The number of benzene rings is 4. The summed E-state index contributed by atoms with van der Waals surface area (Å²) in [6, 6.07) is 41.3. The molecule has 0 unspecified atom stereocenters. The summed E-state index contributed by atoms with van der Waals surface area (Å²) < 4.78 is 0.